The highest BCUT2D eigenvalue weighted by Gasteiger charge is 2.19. The Balaban J connectivity index is 4.22. The highest BCUT2D eigenvalue weighted by atomic mass is 16.6. The Morgan fingerprint density at radius 2 is 0.632 bits per heavy atom. The van der Waals surface area contributed by atoms with E-state index in [4.69, 9.17) is 14.2 Å². The number of hydrogen-bond donors (Lipinski definition) is 0. The van der Waals surface area contributed by atoms with Gasteiger partial charge in [-0.1, -0.05) is 218 Å². The molecule has 0 aliphatic carbocycles. The van der Waals surface area contributed by atoms with Crippen molar-refractivity contribution in [1.82, 2.24) is 0 Å². The number of unbranched alkanes of at least 4 members (excludes halogenated alkanes) is 30. The maximum Gasteiger partial charge on any atom is 0.306 e. The van der Waals surface area contributed by atoms with Crippen LogP contribution in [0.25, 0.3) is 0 Å². The molecular formula is C51H94O6. The Hall–Kier alpha value is -2.11. The van der Waals surface area contributed by atoms with Crippen molar-refractivity contribution in [3.05, 3.63) is 24.3 Å². The molecule has 0 heterocycles. The highest BCUT2D eigenvalue weighted by molar-refractivity contribution is 5.71. The van der Waals surface area contributed by atoms with Crippen LogP contribution >= 0.6 is 0 Å². The van der Waals surface area contributed by atoms with E-state index in [0.29, 0.717) is 19.3 Å². The molecule has 6 heteroatoms. The molecule has 0 fully saturated rings. The van der Waals surface area contributed by atoms with Crippen LogP contribution in [0, 0.1) is 0 Å². The van der Waals surface area contributed by atoms with Crippen molar-refractivity contribution in [3.8, 4) is 0 Å². The third kappa shape index (κ3) is 44.8. The van der Waals surface area contributed by atoms with Gasteiger partial charge in [0.2, 0.25) is 0 Å². The Labute approximate surface area is 353 Å². The van der Waals surface area contributed by atoms with Crippen LogP contribution in [0.15, 0.2) is 24.3 Å². The lowest BCUT2D eigenvalue weighted by atomic mass is 10.0. The summed E-state index contributed by atoms with van der Waals surface area (Å²) in [6.45, 7) is 6.57. The molecule has 1 unspecified atom stereocenters. The summed E-state index contributed by atoms with van der Waals surface area (Å²) in [7, 11) is 0. The van der Waals surface area contributed by atoms with Crippen molar-refractivity contribution in [2.75, 3.05) is 13.2 Å². The lowest BCUT2D eigenvalue weighted by molar-refractivity contribution is -0.167. The van der Waals surface area contributed by atoms with E-state index in [1.54, 1.807) is 0 Å². The molecule has 0 aromatic heterocycles. The molecular weight excluding hydrogens is 709 g/mol. The second-order valence-corrected chi connectivity index (χ2v) is 16.7. The quantitative estimate of drug-likeness (QED) is 0.0264. The molecule has 0 saturated heterocycles. The average molecular weight is 803 g/mol. The minimum Gasteiger partial charge on any atom is -0.462 e. The van der Waals surface area contributed by atoms with Gasteiger partial charge in [-0.25, -0.2) is 0 Å². The van der Waals surface area contributed by atoms with Crippen LogP contribution in [0.2, 0.25) is 0 Å². The van der Waals surface area contributed by atoms with E-state index in [0.717, 1.165) is 77.0 Å². The smallest absolute Gasteiger partial charge is 0.306 e. The number of ether oxygens (including phenoxy) is 3. The molecule has 0 aromatic rings. The van der Waals surface area contributed by atoms with Gasteiger partial charge in [0, 0.05) is 19.3 Å². The monoisotopic (exact) mass is 803 g/mol. The molecule has 0 saturated carbocycles. The van der Waals surface area contributed by atoms with Gasteiger partial charge in [-0.15, -0.1) is 0 Å². The molecule has 0 rings (SSSR count). The molecule has 0 amide bonds. The van der Waals surface area contributed by atoms with Gasteiger partial charge in [0.05, 0.1) is 0 Å². The van der Waals surface area contributed by atoms with Gasteiger partial charge >= 0.3 is 17.9 Å². The van der Waals surface area contributed by atoms with Crippen LogP contribution in [0.4, 0.5) is 0 Å². The van der Waals surface area contributed by atoms with Crippen LogP contribution in [0.5, 0.6) is 0 Å². The van der Waals surface area contributed by atoms with Crippen molar-refractivity contribution in [2.45, 2.75) is 271 Å². The number of carbonyl (C=O) groups is 3. The molecule has 0 aliphatic heterocycles. The average Bonchev–Trinajstić information content (AvgIpc) is 3.21. The van der Waals surface area contributed by atoms with E-state index in [1.807, 2.05) is 0 Å². The van der Waals surface area contributed by atoms with Gasteiger partial charge < -0.3 is 14.2 Å². The molecule has 0 spiro atoms. The largest absolute Gasteiger partial charge is 0.462 e. The molecule has 334 valence electrons. The van der Waals surface area contributed by atoms with Gasteiger partial charge in [-0.2, -0.15) is 0 Å². The van der Waals surface area contributed by atoms with Gasteiger partial charge in [-0.05, 0) is 51.4 Å². The minimum atomic E-state index is -0.770. The second-order valence-electron chi connectivity index (χ2n) is 16.7. The van der Waals surface area contributed by atoms with Crippen molar-refractivity contribution < 1.29 is 28.6 Å². The first-order valence-corrected chi connectivity index (χ1v) is 24.8. The zero-order valence-corrected chi connectivity index (χ0v) is 38.1. The first-order valence-electron chi connectivity index (χ1n) is 24.8. The SMILES string of the molecule is CCCCCC/C=C\C/C=C\CCCCCCCC(=O)OC(COC(=O)CCCCCCCC)COC(=O)CCCCCCCCCCCCCCCCCCC. The molecule has 57 heavy (non-hydrogen) atoms. The van der Waals surface area contributed by atoms with Crippen molar-refractivity contribution in [2.24, 2.45) is 0 Å². The lowest BCUT2D eigenvalue weighted by Crippen LogP contribution is -2.30. The van der Waals surface area contributed by atoms with E-state index < -0.39 is 6.10 Å². The summed E-state index contributed by atoms with van der Waals surface area (Å²) in [5.74, 6) is -0.887. The summed E-state index contributed by atoms with van der Waals surface area (Å²) in [4.78, 5) is 37.7. The summed E-state index contributed by atoms with van der Waals surface area (Å²) in [6.07, 6.45) is 51.8. The van der Waals surface area contributed by atoms with Gasteiger partial charge in [0.25, 0.3) is 0 Å². The zero-order valence-electron chi connectivity index (χ0n) is 38.1. The minimum absolute atomic E-state index is 0.0733. The Bertz CT molecular complexity index is 927. The fourth-order valence-corrected chi connectivity index (χ4v) is 7.18. The number of rotatable bonds is 45. The Kier molecular flexibility index (Phi) is 44.9. The normalized spacial score (nSPS) is 12.1. The predicted molar refractivity (Wildman–Crippen MR) is 243 cm³/mol. The first-order chi connectivity index (χ1) is 28.0. The fourth-order valence-electron chi connectivity index (χ4n) is 7.18. The molecule has 0 bridgehead atoms. The Morgan fingerprint density at radius 3 is 0.982 bits per heavy atom. The third-order valence-electron chi connectivity index (χ3n) is 11.0. The van der Waals surface area contributed by atoms with Gasteiger partial charge in [0.15, 0.2) is 6.10 Å². The molecule has 6 nitrogen and oxygen atoms in total. The van der Waals surface area contributed by atoms with Crippen LogP contribution < -0.4 is 0 Å². The molecule has 1 atom stereocenters. The van der Waals surface area contributed by atoms with Crippen LogP contribution in [0.3, 0.4) is 0 Å². The first kappa shape index (κ1) is 54.9. The topological polar surface area (TPSA) is 78.9 Å². The number of esters is 3. The second kappa shape index (κ2) is 46.6. The highest BCUT2D eigenvalue weighted by Crippen LogP contribution is 2.16. The van der Waals surface area contributed by atoms with E-state index in [1.165, 1.54) is 148 Å². The summed E-state index contributed by atoms with van der Waals surface area (Å²) >= 11 is 0. The summed E-state index contributed by atoms with van der Waals surface area (Å²) < 4.78 is 16.7. The molecule has 0 radical (unpaired) electrons. The summed E-state index contributed by atoms with van der Waals surface area (Å²) in [6, 6.07) is 0. The van der Waals surface area contributed by atoms with Crippen LogP contribution in [-0.2, 0) is 28.6 Å². The molecule has 0 N–H and O–H groups in total. The van der Waals surface area contributed by atoms with Gasteiger partial charge in [0.1, 0.15) is 13.2 Å². The number of allylic oxidation sites excluding steroid dienone is 4. The van der Waals surface area contributed by atoms with Crippen molar-refractivity contribution >= 4 is 17.9 Å². The van der Waals surface area contributed by atoms with E-state index in [2.05, 4.69) is 45.1 Å². The van der Waals surface area contributed by atoms with Crippen molar-refractivity contribution in [1.29, 1.82) is 0 Å². The van der Waals surface area contributed by atoms with E-state index >= 15 is 0 Å². The number of hydrogen-bond acceptors (Lipinski definition) is 6. The third-order valence-corrected chi connectivity index (χ3v) is 11.0. The van der Waals surface area contributed by atoms with E-state index in [9.17, 15) is 14.4 Å². The summed E-state index contributed by atoms with van der Waals surface area (Å²) in [5, 5.41) is 0. The maximum absolute atomic E-state index is 12.7. The maximum atomic E-state index is 12.7. The van der Waals surface area contributed by atoms with Crippen molar-refractivity contribution in [3.63, 3.8) is 0 Å². The lowest BCUT2D eigenvalue weighted by Gasteiger charge is -2.18. The van der Waals surface area contributed by atoms with E-state index in [-0.39, 0.29) is 31.1 Å². The summed E-state index contributed by atoms with van der Waals surface area (Å²) in [5.41, 5.74) is 0. The molecule has 0 aromatic carbocycles. The number of carbonyl (C=O) groups excluding carboxylic acids is 3. The predicted octanol–water partition coefficient (Wildman–Crippen LogP) is 16.0. The zero-order chi connectivity index (χ0) is 41.5. The van der Waals surface area contributed by atoms with Gasteiger partial charge in [-0.3, -0.25) is 14.4 Å². The van der Waals surface area contributed by atoms with Crippen LogP contribution in [-0.4, -0.2) is 37.2 Å². The standard InChI is InChI=1S/C51H94O6/c1-4-7-10-13-16-18-20-22-24-26-28-29-31-33-35-38-41-44-50(53)56-47-48(46-55-49(52)43-40-37-15-12-9-6-3)57-51(54)45-42-39-36-34-32-30-27-25-23-21-19-17-14-11-8-5-2/h19,21,25,27,48H,4-18,20,22-24,26,28-47H2,1-3H3/b21-19-,27-25-. The molecule has 0 aliphatic rings. The fraction of sp³-hybridized carbons (Fsp3) is 0.863. The van der Waals surface area contributed by atoms with Crippen LogP contribution in [0.1, 0.15) is 265 Å². The Morgan fingerprint density at radius 1 is 0.351 bits per heavy atom.